The van der Waals surface area contributed by atoms with E-state index in [1.165, 1.54) is 5.56 Å². The van der Waals surface area contributed by atoms with Crippen LogP contribution in [0.2, 0.25) is 0 Å². The fourth-order valence-corrected chi connectivity index (χ4v) is 5.84. The summed E-state index contributed by atoms with van der Waals surface area (Å²) < 4.78 is 11.1. The molecular weight excluding hydrogens is 492 g/mol. The van der Waals surface area contributed by atoms with Gasteiger partial charge in [-0.15, -0.1) is 0 Å². The van der Waals surface area contributed by atoms with Crippen molar-refractivity contribution in [3.8, 4) is 0 Å². The minimum absolute atomic E-state index is 0.0600. The van der Waals surface area contributed by atoms with Gasteiger partial charge in [-0.25, -0.2) is 4.79 Å². The molecule has 0 spiro atoms. The summed E-state index contributed by atoms with van der Waals surface area (Å²) in [6, 6.07) is 20.4. The van der Waals surface area contributed by atoms with E-state index in [1.54, 1.807) is 0 Å². The quantitative estimate of drug-likeness (QED) is 0.409. The molecule has 3 heterocycles. The van der Waals surface area contributed by atoms with Crippen LogP contribution in [0.4, 0.5) is 4.79 Å². The summed E-state index contributed by atoms with van der Waals surface area (Å²) in [5, 5.41) is 0. The van der Waals surface area contributed by atoms with Crippen LogP contribution in [-0.4, -0.2) is 103 Å². The van der Waals surface area contributed by atoms with E-state index >= 15 is 0 Å². The predicted octanol–water partition coefficient (Wildman–Crippen LogP) is 3.47. The van der Waals surface area contributed by atoms with Crippen molar-refractivity contribution >= 4 is 12.1 Å². The minimum Gasteiger partial charge on any atom is -0.461 e. The second-order valence-corrected chi connectivity index (χ2v) is 11.2. The van der Waals surface area contributed by atoms with Crippen LogP contribution in [0.15, 0.2) is 60.7 Å². The normalized spacial score (nSPS) is 21.7. The standard InChI is InChI=1S/C31H42N4O4/c36-30(38-25-28-9-5-2-6-10-28)13-16-32-17-19-34(20-18-32)23-29-24-35(31(37)39-29)22-27-11-14-33(15-12-27)21-26-7-3-1-4-8-26/h1-10,27,29H,11-25H2. The van der Waals surface area contributed by atoms with Crippen molar-refractivity contribution in [2.45, 2.75) is 38.5 Å². The van der Waals surface area contributed by atoms with Gasteiger partial charge in [0.1, 0.15) is 12.7 Å². The number of benzene rings is 2. The van der Waals surface area contributed by atoms with Gasteiger partial charge < -0.3 is 19.3 Å². The summed E-state index contributed by atoms with van der Waals surface area (Å²) in [4.78, 5) is 33.9. The number of amides is 1. The maximum atomic E-state index is 12.6. The number of carbonyl (C=O) groups excluding carboxylic acids is 2. The van der Waals surface area contributed by atoms with Gasteiger partial charge in [0.2, 0.25) is 0 Å². The highest BCUT2D eigenvalue weighted by Crippen LogP contribution is 2.23. The molecule has 1 atom stereocenters. The lowest BCUT2D eigenvalue weighted by Crippen LogP contribution is -2.49. The maximum Gasteiger partial charge on any atom is 0.410 e. The molecule has 5 rings (SSSR count). The number of ether oxygens (including phenoxy) is 2. The molecule has 0 aliphatic carbocycles. The van der Waals surface area contributed by atoms with Gasteiger partial charge in [0, 0.05) is 52.4 Å². The van der Waals surface area contributed by atoms with Crippen molar-refractivity contribution in [3.63, 3.8) is 0 Å². The van der Waals surface area contributed by atoms with Crippen molar-refractivity contribution in [1.29, 1.82) is 0 Å². The Labute approximate surface area is 232 Å². The van der Waals surface area contributed by atoms with Crippen LogP contribution < -0.4 is 0 Å². The molecule has 8 heteroatoms. The van der Waals surface area contributed by atoms with Gasteiger partial charge in [0.25, 0.3) is 0 Å². The zero-order valence-corrected chi connectivity index (χ0v) is 23.0. The number of cyclic esters (lactones) is 1. The van der Waals surface area contributed by atoms with Gasteiger partial charge in [-0.1, -0.05) is 60.7 Å². The first-order valence-corrected chi connectivity index (χ1v) is 14.5. The third-order valence-corrected chi connectivity index (χ3v) is 8.19. The second kappa shape index (κ2) is 13.9. The number of hydrogen-bond acceptors (Lipinski definition) is 7. The van der Waals surface area contributed by atoms with E-state index in [1.807, 2.05) is 35.2 Å². The van der Waals surface area contributed by atoms with Gasteiger partial charge in [-0.05, 0) is 43.0 Å². The predicted molar refractivity (Wildman–Crippen MR) is 150 cm³/mol. The Morgan fingerprint density at radius 2 is 1.44 bits per heavy atom. The number of rotatable bonds is 11. The largest absolute Gasteiger partial charge is 0.461 e. The average molecular weight is 535 g/mol. The summed E-state index contributed by atoms with van der Waals surface area (Å²) >= 11 is 0. The first kappa shape index (κ1) is 27.6. The van der Waals surface area contributed by atoms with Crippen molar-refractivity contribution in [3.05, 3.63) is 71.8 Å². The van der Waals surface area contributed by atoms with Crippen LogP contribution >= 0.6 is 0 Å². The number of carbonyl (C=O) groups is 2. The van der Waals surface area contributed by atoms with Gasteiger partial charge >= 0.3 is 12.1 Å². The molecular formula is C31H42N4O4. The third-order valence-electron chi connectivity index (χ3n) is 8.19. The molecule has 0 N–H and O–H groups in total. The molecule has 3 aliphatic heterocycles. The SMILES string of the molecule is O=C(CCN1CCN(CC2CN(CC3CCN(Cc4ccccc4)CC3)C(=O)O2)CC1)OCc1ccccc1. The Hall–Kier alpha value is -2.94. The molecule has 39 heavy (non-hydrogen) atoms. The topological polar surface area (TPSA) is 65.6 Å². The highest BCUT2D eigenvalue weighted by atomic mass is 16.6. The number of hydrogen-bond donors (Lipinski definition) is 0. The molecule has 210 valence electrons. The van der Waals surface area contributed by atoms with Crippen LogP contribution in [0.5, 0.6) is 0 Å². The Morgan fingerprint density at radius 3 is 2.13 bits per heavy atom. The molecule has 1 amide bonds. The molecule has 1 unspecified atom stereocenters. The number of piperazine rings is 1. The second-order valence-electron chi connectivity index (χ2n) is 11.2. The zero-order valence-electron chi connectivity index (χ0n) is 23.0. The molecule has 2 aromatic rings. The zero-order chi connectivity index (χ0) is 26.9. The van der Waals surface area contributed by atoms with E-state index in [4.69, 9.17) is 9.47 Å². The fraction of sp³-hybridized carbons (Fsp3) is 0.548. The number of piperidine rings is 1. The molecule has 8 nitrogen and oxygen atoms in total. The summed E-state index contributed by atoms with van der Waals surface area (Å²) in [5.41, 5.74) is 2.37. The van der Waals surface area contributed by atoms with E-state index in [2.05, 4.69) is 45.0 Å². The van der Waals surface area contributed by atoms with E-state index < -0.39 is 0 Å². The summed E-state index contributed by atoms with van der Waals surface area (Å²) in [6.07, 6.45) is 2.45. The Morgan fingerprint density at radius 1 is 0.795 bits per heavy atom. The fourth-order valence-electron chi connectivity index (χ4n) is 5.84. The highest BCUT2D eigenvalue weighted by Gasteiger charge is 2.35. The molecule has 3 fully saturated rings. The summed E-state index contributed by atoms with van der Waals surface area (Å²) in [7, 11) is 0. The monoisotopic (exact) mass is 534 g/mol. The minimum atomic E-state index is -0.153. The van der Waals surface area contributed by atoms with E-state index in [-0.39, 0.29) is 18.2 Å². The summed E-state index contributed by atoms with van der Waals surface area (Å²) in [5.74, 6) is 0.396. The number of nitrogens with zero attached hydrogens (tertiary/aromatic N) is 4. The first-order chi connectivity index (χ1) is 19.1. The van der Waals surface area contributed by atoms with Gasteiger partial charge in [0.15, 0.2) is 0 Å². The van der Waals surface area contributed by atoms with E-state index in [0.717, 1.165) is 83.9 Å². The average Bonchev–Trinajstić information content (AvgIpc) is 3.31. The molecule has 0 aromatic heterocycles. The van der Waals surface area contributed by atoms with Crippen LogP contribution in [0.25, 0.3) is 0 Å². The van der Waals surface area contributed by atoms with Crippen LogP contribution in [-0.2, 0) is 27.4 Å². The lowest BCUT2D eigenvalue weighted by molar-refractivity contribution is -0.145. The number of likely N-dealkylation sites (tertiary alicyclic amines) is 1. The Kier molecular flexibility index (Phi) is 9.86. The van der Waals surface area contributed by atoms with Crippen molar-refractivity contribution < 1.29 is 19.1 Å². The summed E-state index contributed by atoms with van der Waals surface area (Å²) in [6.45, 7) is 10.2. The molecule has 3 saturated heterocycles. The van der Waals surface area contributed by atoms with Crippen LogP contribution in [0, 0.1) is 5.92 Å². The molecule has 2 aromatic carbocycles. The first-order valence-electron chi connectivity index (χ1n) is 14.5. The van der Waals surface area contributed by atoms with E-state index in [9.17, 15) is 9.59 Å². The van der Waals surface area contributed by atoms with Gasteiger partial charge in [-0.3, -0.25) is 14.6 Å². The lowest BCUT2D eigenvalue weighted by atomic mass is 9.96. The maximum absolute atomic E-state index is 12.6. The smallest absolute Gasteiger partial charge is 0.410 e. The Bertz CT molecular complexity index is 1040. The van der Waals surface area contributed by atoms with Gasteiger partial charge in [0.05, 0.1) is 13.0 Å². The molecule has 3 aliphatic rings. The van der Waals surface area contributed by atoms with Crippen molar-refractivity contribution in [2.24, 2.45) is 5.92 Å². The van der Waals surface area contributed by atoms with Gasteiger partial charge in [-0.2, -0.15) is 0 Å². The molecule has 0 bridgehead atoms. The van der Waals surface area contributed by atoms with Crippen molar-refractivity contribution in [2.75, 3.05) is 65.4 Å². The lowest BCUT2D eigenvalue weighted by Gasteiger charge is -2.35. The number of esters is 1. The van der Waals surface area contributed by atoms with Crippen LogP contribution in [0.3, 0.4) is 0 Å². The van der Waals surface area contributed by atoms with E-state index in [0.29, 0.717) is 25.5 Å². The van der Waals surface area contributed by atoms with Crippen LogP contribution in [0.1, 0.15) is 30.4 Å². The Balaban J connectivity index is 0.946. The third kappa shape index (κ3) is 8.52. The highest BCUT2D eigenvalue weighted by molar-refractivity contribution is 5.70. The molecule has 0 radical (unpaired) electrons. The van der Waals surface area contributed by atoms with Crippen molar-refractivity contribution in [1.82, 2.24) is 19.6 Å². The molecule has 0 saturated carbocycles.